The summed E-state index contributed by atoms with van der Waals surface area (Å²) in [6.07, 6.45) is 0. The van der Waals surface area contributed by atoms with Crippen LogP contribution in [0.15, 0.2) is 48.5 Å². The van der Waals surface area contributed by atoms with E-state index in [-0.39, 0.29) is 11.4 Å². The van der Waals surface area contributed by atoms with Crippen molar-refractivity contribution in [3.05, 3.63) is 65.5 Å². The van der Waals surface area contributed by atoms with Crippen LogP contribution in [-0.4, -0.2) is 21.1 Å². The predicted octanol–water partition coefficient (Wildman–Crippen LogP) is 4.16. The monoisotopic (exact) mass is 338 g/mol. The van der Waals surface area contributed by atoms with Gasteiger partial charge in [-0.05, 0) is 35.2 Å². The molecule has 1 aromatic heterocycles. The van der Waals surface area contributed by atoms with Gasteiger partial charge in [-0.2, -0.15) is 4.98 Å². The average molecular weight is 338 g/mol. The lowest BCUT2D eigenvalue weighted by Gasteiger charge is -2.18. The van der Waals surface area contributed by atoms with E-state index in [1.807, 2.05) is 12.1 Å². The van der Waals surface area contributed by atoms with Crippen molar-refractivity contribution in [1.29, 1.82) is 0 Å². The lowest BCUT2D eigenvalue weighted by molar-refractivity contribution is 0.102. The van der Waals surface area contributed by atoms with Crippen LogP contribution in [-0.2, 0) is 5.41 Å². The van der Waals surface area contributed by atoms with E-state index in [0.717, 1.165) is 5.56 Å². The van der Waals surface area contributed by atoms with Gasteiger partial charge < -0.3 is 0 Å². The summed E-state index contributed by atoms with van der Waals surface area (Å²) < 4.78 is 12.9. The van der Waals surface area contributed by atoms with Crippen molar-refractivity contribution < 1.29 is 9.18 Å². The Balaban J connectivity index is 1.74. The van der Waals surface area contributed by atoms with Crippen LogP contribution in [0.25, 0.3) is 11.4 Å². The molecule has 0 saturated heterocycles. The summed E-state index contributed by atoms with van der Waals surface area (Å²) in [6, 6.07) is 13.3. The number of aromatic nitrogens is 3. The van der Waals surface area contributed by atoms with Crippen molar-refractivity contribution in [1.82, 2.24) is 15.2 Å². The van der Waals surface area contributed by atoms with E-state index in [4.69, 9.17) is 0 Å². The molecule has 0 aliphatic heterocycles. The molecule has 0 fully saturated rings. The number of benzene rings is 2. The molecule has 128 valence electrons. The van der Waals surface area contributed by atoms with Crippen molar-refractivity contribution in [2.45, 2.75) is 26.2 Å². The van der Waals surface area contributed by atoms with Gasteiger partial charge in [0.25, 0.3) is 5.91 Å². The van der Waals surface area contributed by atoms with Gasteiger partial charge in [-0.3, -0.25) is 15.2 Å². The molecule has 1 amide bonds. The molecule has 3 rings (SSSR count). The summed E-state index contributed by atoms with van der Waals surface area (Å²) in [6.45, 7) is 6.46. The van der Waals surface area contributed by atoms with Crippen LogP contribution in [0.1, 0.15) is 36.7 Å². The second-order valence-corrected chi connectivity index (χ2v) is 6.80. The molecule has 25 heavy (non-hydrogen) atoms. The SMILES string of the molecule is CC(C)(C)c1ccc(-c2nc(NC(=O)c3ccc(F)cc3)n[nH]2)cc1. The molecule has 0 atom stereocenters. The maximum atomic E-state index is 12.9. The number of aromatic amines is 1. The second-order valence-electron chi connectivity index (χ2n) is 6.80. The first kappa shape index (κ1) is 16.8. The van der Waals surface area contributed by atoms with E-state index in [1.165, 1.54) is 29.8 Å². The quantitative estimate of drug-likeness (QED) is 0.753. The summed E-state index contributed by atoms with van der Waals surface area (Å²) in [5.41, 5.74) is 2.51. The number of carbonyl (C=O) groups excluding carboxylic acids is 1. The minimum Gasteiger partial charge on any atom is -0.289 e. The van der Waals surface area contributed by atoms with Crippen LogP contribution in [0.5, 0.6) is 0 Å². The third-order valence-corrected chi connectivity index (χ3v) is 3.84. The van der Waals surface area contributed by atoms with E-state index in [1.54, 1.807) is 0 Å². The Morgan fingerprint density at radius 1 is 1.04 bits per heavy atom. The standard InChI is InChI=1S/C19H19FN4O/c1-19(2,3)14-8-4-12(5-9-14)16-21-18(24-23-16)22-17(25)13-6-10-15(20)11-7-13/h4-11H,1-3H3,(H2,21,22,23,24,25). The third-order valence-electron chi connectivity index (χ3n) is 3.84. The largest absolute Gasteiger partial charge is 0.289 e. The normalized spacial score (nSPS) is 11.4. The van der Waals surface area contributed by atoms with Crippen LogP contribution in [0.3, 0.4) is 0 Å². The molecule has 6 heteroatoms. The fourth-order valence-electron chi connectivity index (χ4n) is 2.35. The van der Waals surface area contributed by atoms with Crippen LogP contribution in [0.2, 0.25) is 0 Å². The number of carbonyl (C=O) groups is 1. The van der Waals surface area contributed by atoms with E-state index in [9.17, 15) is 9.18 Å². The van der Waals surface area contributed by atoms with Crippen molar-refractivity contribution >= 4 is 11.9 Å². The zero-order valence-corrected chi connectivity index (χ0v) is 14.3. The number of halogens is 1. The Labute approximate surface area is 145 Å². The van der Waals surface area contributed by atoms with Crippen molar-refractivity contribution in [2.75, 3.05) is 5.32 Å². The first-order valence-corrected chi connectivity index (χ1v) is 7.93. The summed E-state index contributed by atoms with van der Waals surface area (Å²) in [7, 11) is 0. The zero-order chi connectivity index (χ0) is 18.0. The highest BCUT2D eigenvalue weighted by atomic mass is 19.1. The van der Waals surface area contributed by atoms with Gasteiger partial charge in [-0.15, -0.1) is 5.10 Å². The molecule has 0 radical (unpaired) electrons. The summed E-state index contributed by atoms with van der Waals surface area (Å²) in [5, 5.41) is 9.40. The van der Waals surface area contributed by atoms with Gasteiger partial charge in [0.15, 0.2) is 5.82 Å². The Hall–Kier alpha value is -3.02. The summed E-state index contributed by atoms with van der Waals surface area (Å²) in [4.78, 5) is 16.4. The van der Waals surface area contributed by atoms with Crippen LogP contribution in [0.4, 0.5) is 10.3 Å². The Morgan fingerprint density at radius 3 is 2.28 bits per heavy atom. The minimum atomic E-state index is -0.395. The molecule has 0 spiro atoms. The van der Waals surface area contributed by atoms with Gasteiger partial charge >= 0.3 is 0 Å². The van der Waals surface area contributed by atoms with E-state index >= 15 is 0 Å². The summed E-state index contributed by atoms with van der Waals surface area (Å²) >= 11 is 0. The molecular weight excluding hydrogens is 319 g/mol. The highest BCUT2D eigenvalue weighted by molar-refractivity contribution is 6.03. The van der Waals surface area contributed by atoms with E-state index in [2.05, 4.69) is 53.4 Å². The predicted molar refractivity (Wildman–Crippen MR) is 94.9 cm³/mol. The van der Waals surface area contributed by atoms with Crippen LogP contribution in [0, 0.1) is 5.82 Å². The first-order chi connectivity index (χ1) is 11.8. The number of amides is 1. The lowest BCUT2D eigenvalue weighted by Crippen LogP contribution is -2.12. The average Bonchev–Trinajstić information content (AvgIpc) is 3.03. The number of nitrogens with one attached hydrogen (secondary N) is 2. The van der Waals surface area contributed by atoms with Crippen molar-refractivity contribution in [2.24, 2.45) is 0 Å². The van der Waals surface area contributed by atoms with E-state index in [0.29, 0.717) is 11.4 Å². The van der Waals surface area contributed by atoms with Gasteiger partial charge in [0.2, 0.25) is 5.95 Å². The highest BCUT2D eigenvalue weighted by Gasteiger charge is 2.14. The van der Waals surface area contributed by atoms with Gasteiger partial charge in [0.05, 0.1) is 0 Å². The number of H-pyrrole nitrogens is 1. The molecular formula is C19H19FN4O. The topological polar surface area (TPSA) is 70.7 Å². The van der Waals surface area contributed by atoms with E-state index < -0.39 is 11.7 Å². The fourth-order valence-corrected chi connectivity index (χ4v) is 2.35. The Morgan fingerprint density at radius 2 is 1.68 bits per heavy atom. The molecule has 0 unspecified atom stereocenters. The van der Waals surface area contributed by atoms with Gasteiger partial charge in [0, 0.05) is 11.1 Å². The molecule has 0 aliphatic carbocycles. The molecule has 3 aromatic rings. The molecule has 0 bridgehead atoms. The number of nitrogens with zero attached hydrogens (tertiary/aromatic N) is 2. The molecule has 2 N–H and O–H groups in total. The fraction of sp³-hybridized carbons (Fsp3) is 0.211. The van der Waals surface area contributed by atoms with Crippen LogP contribution >= 0.6 is 0 Å². The molecule has 1 heterocycles. The summed E-state index contributed by atoms with van der Waals surface area (Å²) in [5.74, 6) is -0.0526. The second kappa shape index (κ2) is 6.47. The highest BCUT2D eigenvalue weighted by Crippen LogP contribution is 2.25. The van der Waals surface area contributed by atoms with Crippen LogP contribution < -0.4 is 5.32 Å². The van der Waals surface area contributed by atoms with Gasteiger partial charge in [-0.25, -0.2) is 4.39 Å². The molecule has 0 aliphatic rings. The number of hydrogen-bond donors (Lipinski definition) is 2. The molecule has 0 saturated carbocycles. The molecule has 5 nitrogen and oxygen atoms in total. The number of hydrogen-bond acceptors (Lipinski definition) is 3. The Kier molecular flexibility index (Phi) is 4.35. The molecule has 2 aromatic carbocycles. The van der Waals surface area contributed by atoms with Crippen molar-refractivity contribution in [3.63, 3.8) is 0 Å². The number of rotatable bonds is 3. The lowest BCUT2D eigenvalue weighted by atomic mass is 9.87. The van der Waals surface area contributed by atoms with Gasteiger partial charge in [0.1, 0.15) is 5.82 Å². The Bertz CT molecular complexity index is 877. The first-order valence-electron chi connectivity index (χ1n) is 7.93. The zero-order valence-electron chi connectivity index (χ0n) is 14.3. The maximum absolute atomic E-state index is 12.9. The third kappa shape index (κ3) is 3.91. The minimum absolute atomic E-state index is 0.0776. The smallest absolute Gasteiger partial charge is 0.258 e. The van der Waals surface area contributed by atoms with Crippen molar-refractivity contribution in [3.8, 4) is 11.4 Å². The maximum Gasteiger partial charge on any atom is 0.258 e. The number of anilines is 1. The van der Waals surface area contributed by atoms with Gasteiger partial charge in [-0.1, -0.05) is 45.0 Å².